The minimum Gasteiger partial charge on any atom is -0.496 e. The van der Waals surface area contributed by atoms with Crippen LogP contribution in [0, 0.1) is 10.1 Å². The van der Waals surface area contributed by atoms with Gasteiger partial charge in [-0.2, -0.15) is 0 Å². The number of carbonyl (C=O) groups is 2. The van der Waals surface area contributed by atoms with Crippen molar-refractivity contribution in [1.82, 2.24) is 4.90 Å². The number of amides is 1. The lowest BCUT2D eigenvalue weighted by atomic mass is 10.1. The summed E-state index contributed by atoms with van der Waals surface area (Å²) >= 11 is 1.12. The van der Waals surface area contributed by atoms with Crippen LogP contribution >= 0.6 is 11.8 Å². The predicted octanol–water partition coefficient (Wildman–Crippen LogP) is 4.80. The Balaban J connectivity index is 1.62. The number of non-ortho nitro benzene ring substituents is 1. The molecule has 0 radical (unpaired) electrons. The van der Waals surface area contributed by atoms with Gasteiger partial charge in [-0.25, -0.2) is 9.79 Å². The molecule has 1 fully saturated rings. The molecule has 0 aliphatic carbocycles. The first-order valence-corrected chi connectivity index (χ1v) is 10.6. The van der Waals surface area contributed by atoms with Gasteiger partial charge >= 0.3 is 5.97 Å². The van der Waals surface area contributed by atoms with Gasteiger partial charge in [-0.3, -0.25) is 19.8 Å². The van der Waals surface area contributed by atoms with Gasteiger partial charge < -0.3 is 14.3 Å². The number of carboxylic acid groups (broad SMARTS) is 1. The number of likely N-dealkylation sites (N-methyl/N-ethyl adjacent to an activating group) is 1. The molecular weight excluding hydrogens is 462 g/mol. The Kier molecular flexibility index (Phi) is 6.19. The molecule has 2 aromatic carbocycles. The van der Waals surface area contributed by atoms with Gasteiger partial charge in [0.05, 0.1) is 33.8 Å². The molecule has 2 heterocycles. The molecule has 4 rings (SSSR count). The van der Waals surface area contributed by atoms with Gasteiger partial charge in [-0.15, -0.1) is 0 Å². The topological polar surface area (TPSA) is 135 Å². The quantitative estimate of drug-likeness (QED) is 0.303. The van der Waals surface area contributed by atoms with E-state index in [1.165, 1.54) is 42.3 Å². The second kappa shape index (κ2) is 9.24. The van der Waals surface area contributed by atoms with Gasteiger partial charge in [-0.05, 0) is 48.2 Å². The fourth-order valence-electron chi connectivity index (χ4n) is 3.18. The van der Waals surface area contributed by atoms with E-state index in [9.17, 15) is 19.7 Å². The number of methoxy groups -OCH3 is 1. The van der Waals surface area contributed by atoms with Crippen molar-refractivity contribution in [3.8, 4) is 17.1 Å². The van der Waals surface area contributed by atoms with E-state index in [0.29, 0.717) is 38.6 Å². The van der Waals surface area contributed by atoms with Crippen LogP contribution in [0.15, 0.2) is 68.9 Å². The maximum Gasteiger partial charge on any atom is 0.335 e. The van der Waals surface area contributed by atoms with Gasteiger partial charge in [-0.1, -0.05) is 6.07 Å². The number of hydrogen-bond donors (Lipinski definition) is 1. The number of nitro groups is 1. The largest absolute Gasteiger partial charge is 0.496 e. The van der Waals surface area contributed by atoms with Crippen molar-refractivity contribution < 1.29 is 28.8 Å². The van der Waals surface area contributed by atoms with Crippen LogP contribution in [0.2, 0.25) is 0 Å². The maximum absolute atomic E-state index is 12.7. The van der Waals surface area contributed by atoms with Gasteiger partial charge in [0.15, 0.2) is 5.17 Å². The van der Waals surface area contributed by atoms with E-state index in [0.717, 1.165) is 11.8 Å². The van der Waals surface area contributed by atoms with E-state index in [1.54, 1.807) is 37.4 Å². The lowest BCUT2D eigenvalue weighted by molar-refractivity contribution is -0.384. The third-order valence-electron chi connectivity index (χ3n) is 4.88. The number of carbonyl (C=O) groups excluding carboxylic acids is 1. The van der Waals surface area contributed by atoms with Gasteiger partial charge in [0.1, 0.15) is 17.3 Å². The standard InChI is InChI=1S/C23H17N3O7S/c1-25-21(27)20(34-23(25)24-14-5-3-4-13(10-14)22(28)29)12-16-7-9-19(33-16)17-11-15(26(30)31)6-8-18(17)32-2/h3-12H,1-2H3,(H,28,29)/b20-12+,24-23?. The van der Waals surface area contributed by atoms with Gasteiger partial charge in [0.25, 0.3) is 11.6 Å². The van der Waals surface area contributed by atoms with Crippen LogP contribution in [0.1, 0.15) is 16.1 Å². The summed E-state index contributed by atoms with van der Waals surface area (Å²) in [6.07, 6.45) is 1.55. The van der Waals surface area contributed by atoms with Crippen LogP contribution in [-0.2, 0) is 4.79 Å². The van der Waals surface area contributed by atoms with Crippen molar-refractivity contribution in [3.63, 3.8) is 0 Å². The molecule has 0 spiro atoms. The molecule has 11 heteroatoms. The number of benzene rings is 2. The molecule has 0 atom stereocenters. The zero-order valence-corrected chi connectivity index (χ0v) is 18.7. The highest BCUT2D eigenvalue weighted by molar-refractivity contribution is 8.18. The number of nitrogens with zero attached hydrogens (tertiary/aromatic N) is 3. The highest BCUT2D eigenvalue weighted by atomic mass is 32.2. The van der Waals surface area contributed by atoms with Crippen molar-refractivity contribution in [2.24, 2.45) is 4.99 Å². The normalized spacial score (nSPS) is 15.8. The van der Waals surface area contributed by atoms with E-state index in [1.807, 2.05) is 0 Å². The summed E-state index contributed by atoms with van der Waals surface area (Å²) in [6, 6.07) is 13.5. The Hall–Kier alpha value is -4.38. The Labute approximate surface area is 197 Å². The Bertz CT molecular complexity index is 1380. The molecule has 1 amide bonds. The SMILES string of the molecule is COc1ccc([N+](=O)[O-])cc1-c1ccc(/C=C2/SC(=Nc3cccc(C(=O)O)c3)N(C)C2=O)o1. The zero-order valence-electron chi connectivity index (χ0n) is 17.9. The van der Waals surface area contributed by atoms with Crippen molar-refractivity contribution in [3.05, 3.63) is 80.9 Å². The molecule has 3 aromatic rings. The number of amidine groups is 1. The number of hydrogen-bond acceptors (Lipinski definition) is 8. The Morgan fingerprint density at radius 2 is 2.03 bits per heavy atom. The molecule has 172 valence electrons. The summed E-state index contributed by atoms with van der Waals surface area (Å²) in [5.74, 6) is -0.259. The fourth-order valence-corrected chi connectivity index (χ4v) is 4.14. The second-order valence-electron chi connectivity index (χ2n) is 7.07. The molecule has 0 unspecified atom stereocenters. The molecule has 1 aliphatic heterocycles. The third kappa shape index (κ3) is 4.55. The summed E-state index contributed by atoms with van der Waals surface area (Å²) < 4.78 is 11.1. The van der Waals surface area contributed by atoms with Crippen LogP contribution in [-0.4, -0.2) is 46.1 Å². The number of aromatic carboxylic acids is 1. The predicted molar refractivity (Wildman–Crippen MR) is 126 cm³/mol. The van der Waals surface area contributed by atoms with Gasteiger partial charge in [0.2, 0.25) is 0 Å². The second-order valence-corrected chi connectivity index (χ2v) is 8.08. The molecule has 1 N–H and O–H groups in total. The Morgan fingerprint density at radius 3 is 2.74 bits per heavy atom. The van der Waals surface area contributed by atoms with Crippen LogP contribution in [0.4, 0.5) is 11.4 Å². The van der Waals surface area contributed by atoms with Crippen LogP contribution in [0.3, 0.4) is 0 Å². The first-order chi connectivity index (χ1) is 16.3. The van der Waals surface area contributed by atoms with Gasteiger partial charge in [0, 0.05) is 25.3 Å². The molecule has 1 aromatic heterocycles. The first kappa shape index (κ1) is 22.8. The molecule has 1 aliphatic rings. The van der Waals surface area contributed by atoms with Crippen molar-refractivity contribution in [1.29, 1.82) is 0 Å². The molecule has 0 saturated carbocycles. The number of ether oxygens (including phenoxy) is 1. The van der Waals surface area contributed by atoms with E-state index in [-0.39, 0.29) is 17.2 Å². The first-order valence-electron chi connectivity index (χ1n) is 9.79. The average molecular weight is 479 g/mol. The smallest absolute Gasteiger partial charge is 0.335 e. The summed E-state index contributed by atoms with van der Waals surface area (Å²) in [4.78, 5) is 40.6. The van der Waals surface area contributed by atoms with Crippen LogP contribution < -0.4 is 4.74 Å². The molecule has 0 bridgehead atoms. The molecule has 1 saturated heterocycles. The van der Waals surface area contributed by atoms with E-state index in [2.05, 4.69) is 4.99 Å². The zero-order chi connectivity index (χ0) is 24.4. The highest BCUT2D eigenvalue weighted by Crippen LogP contribution is 2.37. The van der Waals surface area contributed by atoms with Crippen LogP contribution in [0.5, 0.6) is 5.75 Å². The van der Waals surface area contributed by atoms with E-state index >= 15 is 0 Å². The average Bonchev–Trinajstić information content (AvgIpc) is 3.39. The number of aliphatic imine (C=N–C) groups is 1. The molecule has 34 heavy (non-hydrogen) atoms. The number of furan rings is 1. The minimum absolute atomic E-state index is 0.0919. The lowest BCUT2D eigenvalue weighted by Crippen LogP contribution is -2.23. The van der Waals surface area contributed by atoms with Crippen molar-refractivity contribution in [2.75, 3.05) is 14.2 Å². The number of thioether (sulfide) groups is 1. The van der Waals surface area contributed by atoms with Crippen molar-refractivity contribution >= 4 is 46.3 Å². The highest BCUT2D eigenvalue weighted by Gasteiger charge is 2.31. The molecule has 10 nitrogen and oxygen atoms in total. The summed E-state index contributed by atoms with van der Waals surface area (Å²) in [7, 11) is 3.02. The maximum atomic E-state index is 12.7. The minimum atomic E-state index is -1.07. The summed E-state index contributed by atoms with van der Waals surface area (Å²) in [6.45, 7) is 0. The summed E-state index contributed by atoms with van der Waals surface area (Å²) in [5.41, 5.74) is 0.795. The fraction of sp³-hybridized carbons (Fsp3) is 0.0870. The monoisotopic (exact) mass is 479 g/mol. The lowest BCUT2D eigenvalue weighted by Gasteiger charge is -2.07. The van der Waals surface area contributed by atoms with E-state index in [4.69, 9.17) is 14.3 Å². The van der Waals surface area contributed by atoms with Crippen LogP contribution in [0.25, 0.3) is 17.4 Å². The molecular formula is C23H17N3O7S. The van der Waals surface area contributed by atoms with E-state index < -0.39 is 10.9 Å². The third-order valence-corrected chi connectivity index (χ3v) is 5.94. The number of carboxylic acids is 1. The number of nitro benzene ring substituents is 1. The Morgan fingerprint density at radius 1 is 1.24 bits per heavy atom. The number of rotatable bonds is 6. The van der Waals surface area contributed by atoms with Crippen molar-refractivity contribution in [2.45, 2.75) is 0 Å². The summed E-state index contributed by atoms with van der Waals surface area (Å²) in [5, 5.41) is 20.7.